The monoisotopic (exact) mass is 455 g/mol. The molecule has 2 saturated heterocycles. The van der Waals surface area contributed by atoms with Crippen molar-refractivity contribution in [2.45, 2.75) is 50.2 Å². The Labute approximate surface area is 193 Å². The van der Waals surface area contributed by atoms with Crippen LogP contribution in [0.1, 0.15) is 60.9 Å². The predicted octanol–water partition coefficient (Wildman–Crippen LogP) is 2.86. The molecule has 2 aromatic rings. The van der Waals surface area contributed by atoms with Crippen molar-refractivity contribution < 1.29 is 9.90 Å². The number of nitrogens with zero attached hydrogens (tertiary/aromatic N) is 4. The Morgan fingerprint density at radius 3 is 2.62 bits per heavy atom. The molecule has 2 fully saturated rings. The average Bonchev–Trinajstić information content (AvgIpc) is 3.44. The second kappa shape index (κ2) is 8.96. The second-order valence-electron chi connectivity index (χ2n) is 9.19. The maximum atomic E-state index is 13.7. The lowest BCUT2D eigenvalue weighted by atomic mass is 9.89. The van der Waals surface area contributed by atoms with E-state index in [0.29, 0.717) is 24.5 Å². The summed E-state index contributed by atoms with van der Waals surface area (Å²) in [5, 5.41) is 14.5. The molecular formula is C24H30ClN5O2. The zero-order valence-corrected chi connectivity index (χ0v) is 19.1. The smallest absolute Gasteiger partial charge is 0.231 e. The predicted molar refractivity (Wildman–Crippen MR) is 124 cm³/mol. The summed E-state index contributed by atoms with van der Waals surface area (Å²) >= 11 is 6.10. The lowest BCUT2D eigenvalue weighted by molar-refractivity contribution is -0.133. The minimum Gasteiger partial charge on any atom is -0.387 e. The summed E-state index contributed by atoms with van der Waals surface area (Å²) in [5.41, 5.74) is 2.85. The molecule has 1 aromatic heterocycles. The average molecular weight is 456 g/mol. The normalized spacial score (nSPS) is 26.3. The molecule has 0 unspecified atom stereocenters. The fraction of sp³-hybridized carbons (Fsp3) is 0.542. The molecule has 5 rings (SSSR count). The quantitative estimate of drug-likeness (QED) is 0.737. The van der Waals surface area contributed by atoms with Gasteiger partial charge in [0.25, 0.3) is 0 Å². The van der Waals surface area contributed by atoms with Crippen LogP contribution < -0.4 is 10.2 Å². The maximum absolute atomic E-state index is 13.7. The van der Waals surface area contributed by atoms with Crippen LogP contribution in [0.25, 0.3) is 0 Å². The first-order chi connectivity index (χ1) is 15.5. The first kappa shape index (κ1) is 21.6. The molecular weight excluding hydrogens is 426 g/mol. The third-order valence-electron chi connectivity index (χ3n) is 7.17. The highest BCUT2D eigenvalue weighted by molar-refractivity contribution is 6.30. The molecule has 170 valence electrons. The molecule has 3 heterocycles. The molecule has 2 aliphatic heterocycles. The summed E-state index contributed by atoms with van der Waals surface area (Å²) < 4.78 is 0. The molecule has 32 heavy (non-hydrogen) atoms. The van der Waals surface area contributed by atoms with Crippen LogP contribution in [0.2, 0.25) is 5.02 Å². The SMILES string of the molecule is C[C@@H]1C[C@H](O)c2ncnc(N3CCN(C(=O)[C@@H](c4ccc(Cl)cc4)[C@@H]4CCCN4)CC3)c21. The van der Waals surface area contributed by atoms with Crippen molar-refractivity contribution >= 4 is 23.3 Å². The Morgan fingerprint density at radius 2 is 1.94 bits per heavy atom. The lowest BCUT2D eigenvalue weighted by Gasteiger charge is -2.38. The Morgan fingerprint density at radius 1 is 1.19 bits per heavy atom. The number of anilines is 1. The Hall–Kier alpha value is -2.22. The zero-order chi connectivity index (χ0) is 22.2. The van der Waals surface area contributed by atoms with Crippen LogP contribution >= 0.6 is 11.6 Å². The third kappa shape index (κ3) is 3.98. The number of aromatic nitrogens is 2. The van der Waals surface area contributed by atoms with E-state index in [1.807, 2.05) is 29.2 Å². The van der Waals surface area contributed by atoms with Crippen molar-refractivity contribution in [3.63, 3.8) is 0 Å². The molecule has 0 saturated carbocycles. The van der Waals surface area contributed by atoms with Crippen molar-refractivity contribution in [3.8, 4) is 0 Å². The van der Waals surface area contributed by atoms with Gasteiger partial charge in [0.1, 0.15) is 12.1 Å². The van der Waals surface area contributed by atoms with E-state index < -0.39 is 6.10 Å². The first-order valence-electron chi connectivity index (χ1n) is 11.6. The number of benzene rings is 1. The molecule has 1 aliphatic carbocycles. The highest BCUT2D eigenvalue weighted by atomic mass is 35.5. The van der Waals surface area contributed by atoms with E-state index in [2.05, 4.69) is 27.1 Å². The number of halogens is 1. The molecule has 2 N–H and O–H groups in total. The molecule has 0 radical (unpaired) electrons. The summed E-state index contributed by atoms with van der Waals surface area (Å²) in [5.74, 6) is 1.14. The molecule has 0 spiro atoms. The third-order valence-corrected chi connectivity index (χ3v) is 7.42. The van der Waals surface area contributed by atoms with E-state index >= 15 is 0 Å². The van der Waals surface area contributed by atoms with E-state index in [9.17, 15) is 9.90 Å². The summed E-state index contributed by atoms with van der Waals surface area (Å²) in [7, 11) is 0. The van der Waals surface area contributed by atoms with Gasteiger partial charge in [-0.05, 0) is 49.4 Å². The van der Waals surface area contributed by atoms with Crippen molar-refractivity contribution in [1.82, 2.24) is 20.2 Å². The van der Waals surface area contributed by atoms with E-state index in [1.54, 1.807) is 6.33 Å². The number of carbonyl (C=O) groups is 1. The van der Waals surface area contributed by atoms with Crippen LogP contribution in [0.5, 0.6) is 0 Å². The molecule has 3 aliphatic rings. The number of fused-ring (bicyclic) bond motifs is 1. The van der Waals surface area contributed by atoms with Gasteiger partial charge >= 0.3 is 0 Å². The summed E-state index contributed by atoms with van der Waals surface area (Å²) in [4.78, 5) is 26.8. The van der Waals surface area contributed by atoms with E-state index in [0.717, 1.165) is 55.1 Å². The Kier molecular flexibility index (Phi) is 6.05. The van der Waals surface area contributed by atoms with Gasteiger partial charge in [-0.3, -0.25) is 4.79 Å². The number of aliphatic hydroxyl groups excluding tert-OH is 1. The van der Waals surface area contributed by atoms with Gasteiger partial charge in [0.05, 0.1) is 17.7 Å². The van der Waals surface area contributed by atoms with Gasteiger partial charge in [0, 0.05) is 42.8 Å². The van der Waals surface area contributed by atoms with E-state index in [-0.39, 0.29) is 23.8 Å². The minimum absolute atomic E-state index is 0.161. The maximum Gasteiger partial charge on any atom is 0.231 e. The highest BCUT2D eigenvalue weighted by Crippen LogP contribution is 2.42. The number of carbonyl (C=O) groups excluding carboxylic acids is 1. The van der Waals surface area contributed by atoms with Gasteiger partial charge in [0.15, 0.2) is 0 Å². The van der Waals surface area contributed by atoms with Gasteiger partial charge in [-0.15, -0.1) is 0 Å². The number of aliphatic hydroxyl groups is 1. The van der Waals surface area contributed by atoms with Gasteiger partial charge < -0.3 is 20.2 Å². The lowest BCUT2D eigenvalue weighted by Crippen LogP contribution is -2.52. The topological polar surface area (TPSA) is 81.6 Å². The molecule has 0 bridgehead atoms. The summed E-state index contributed by atoms with van der Waals surface area (Å²) in [6.45, 7) is 5.84. The Balaban J connectivity index is 1.32. The fourth-order valence-electron chi connectivity index (χ4n) is 5.50. The van der Waals surface area contributed by atoms with Crippen LogP contribution in [-0.2, 0) is 4.79 Å². The largest absolute Gasteiger partial charge is 0.387 e. The molecule has 7 nitrogen and oxygen atoms in total. The van der Waals surface area contributed by atoms with Crippen LogP contribution in [-0.4, -0.2) is 64.6 Å². The number of hydrogen-bond acceptors (Lipinski definition) is 6. The molecule has 8 heteroatoms. The number of nitrogens with one attached hydrogen (secondary N) is 1. The number of hydrogen-bond donors (Lipinski definition) is 2. The molecule has 4 atom stereocenters. The van der Waals surface area contributed by atoms with Crippen molar-refractivity contribution in [3.05, 3.63) is 52.4 Å². The fourth-order valence-corrected chi connectivity index (χ4v) is 5.63. The van der Waals surface area contributed by atoms with Gasteiger partial charge in [-0.1, -0.05) is 30.7 Å². The van der Waals surface area contributed by atoms with Crippen LogP contribution in [0, 0.1) is 0 Å². The van der Waals surface area contributed by atoms with Crippen LogP contribution in [0.15, 0.2) is 30.6 Å². The first-order valence-corrected chi connectivity index (χ1v) is 12.0. The zero-order valence-electron chi connectivity index (χ0n) is 18.4. The molecule has 1 amide bonds. The number of amides is 1. The molecule has 1 aromatic carbocycles. The summed E-state index contributed by atoms with van der Waals surface area (Å²) in [6.07, 6.45) is 3.83. The van der Waals surface area contributed by atoms with Gasteiger partial charge in [0.2, 0.25) is 5.91 Å². The highest BCUT2D eigenvalue weighted by Gasteiger charge is 2.37. The number of piperazine rings is 1. The van der Waals surface area contributed by atoms with E-state index in [1.165, 1.54) is 0 Å². The van der Waals surface area contributed by atoms with Crippen LogP contribution in [0.3, 0.4) is 0 Å². The van der Waals surface area contributed by atoms with Gasteiger partial charge in [-0.2, -0.15) is 0 Å². The van der Waals surface area contributed by atoms with Crippen molar-refractivity contribution in [2.24, 2.45) is 0 Å². The summed E-state index contributed by atoms with van der Waals surface area (Å²) in [6, 6.07) is 7.87. The van der Waals surface area contributed by atoms with Crippen molar-refractivity contribution in [1.29, 1.82) is 0 Å². The van der Waals surface area contributed by atoms with Crippen LogP contribution in [0.4, 0.5) is 5.82 Å². The van der Waals surface area contributed by atoms with Gasteiger partial charge in [-0.25, -0.2) is 9.97 Å². The number of rotatable bonds is 4. The van der Waals surface area contributed by atoms with E-state index in [4.69, 9.17) is 11.6 Å². The minimum atomic E-state index is -0.510. The standard InChI is InChI=1S/C24H30ClN5O2/c1-15-13-19(31)22-20(15)23(28-14-27-22)29-9-11-30(12-10-29)24(32)21(18-3-2-8-26-18)16-4-6-17(25)7-5-16/h4-7,14-15,18-19,21,26,31H,2-3,8-13H2,1H3/t15-,18+,19+,21+/m1/s1. The Bertz CT molecular complexity index is 971. The van der Waals surface area contributed by atoms with Crippen molar-refractivity contribution in [2.75, 3.05) is 37.6 Å². The second-order valence-corrected chi connectivity index (χ2v) is 9.63.